The van der Waals surface area contributed by atoms with Gasteiger partial charge >= 0.3 is 6.18 Å². The fraction of sp³-hybridized carbons (Fsp3) is 0.273. The highest BCUT2D eigenvalue weighted by atomic mass is 19.4. The average Bonchev–Trinajstić information content (AvgIpc) is 3.25. The summed E-state index contributed by atoms with van der Waals surface area (Å²) in [6.07, 6.45) is 3.97. The number of anilines is 1. The zero-order chi connectivity index (χ0) is 23.0. The van der Waals surface area contributed by atoms with E-state index < -0.39 is 11.7 Å². The fourth-order valence-electron chi connectivity index (χ4n) is 4.05. The molecular weight excluding hydrogens is 435 g/mol. The van der Waals surface area contributed by atoms with Crippen LogP contribution >= 0.6 is 0 Å². The van der Waals surface area contributed by atoms with Crippen LogP contribution < -0.4 is 16.2 Å². The third-order valence-electron chi connectivity index (χ3n) is 5.66. The molecule has 0 unspecified atom stereocenters. The van der Waals surface area contributed by atoms with E-state index in [4.69, 9.17) is 0 Å². The van der Waals surface area contributed by atoms with Gasteiger partial charge < -0.3 is 15.6 Å². The number of hydrogen-bond donors (Lipinski definition) is 3. The SMILES string of the molecule is O=c1c2[nH]cc(-c3nc(N[C@H]4CCCNC4)ncc3C(F)(F)F)c2ccn1-c1ccncc1. The number of H-pyrrole nitrogens is 1. The summed E-state index contributed by atoms with van der Waals surface area (Å²) in [5, 5.41) is 6.70. The molecule has 1 aliphatic heterocycles. The van der Waals surface area contributed by atoms with Gasteiger partial charge in [-0.3, -0.25) is 14.3 Å². The summed E-state index contributed by atoms with van der Waals surface area (Å²) in [7, 11) is 0. The van der Waals surface area contributed by atoms with Crippen LogP contribution in [0.2, 0.25) is 0 Å². The first-order valence-corrected chi connectivity index (χ1v) is 10.5. The van der Waals surface area contributed by atoms with Crippen molar-refractivity contribution in [2.75, 3.05) is 18.4 Å². The second kappa shape index (κ2) is 8.32. The monoisotopic (exact) mass is 455 g/mol. The highest BCUT2D eigenvalue weighted by Gasteiger charge is 2.36. The number of aromatic nitrogens is 5. The van der Waals surface area contributed by atoms with E-state index in [1.807, 2.05) is 0 Å². The molecule has 1 atom stereocenters. The second-order valence-electron chi connectivity index (χ2n) is 7.83. The Morgan fingerprint density at radius 3 is 2.73 bits per heavy atom. The van der Waals surface area contributed by atoms with E-state index in [0.717, 1.165) is 25.6 Å². The van der Waals surface area contributed by atoms with Gasteiger partial charge in [0.15, 0.2) is 0 Å². The Bertz CT molecular complexity index is 1340. The Kier molecular flexibility index (Phi) is 5.33. The number of fused-ring (bicyclic) bond motifs is 1. The van der Waals surface area contributed by atoms with Crippen LogP contribution in [0, 0.1) is 0 Å². The third kappa shape index (κ3) is 4.07. The lowest BCUT2D eigenvalue weighted by atomic mass is 10.1. The molecule has 5 rings (SSSR count). The minimum Gasteiger partial charge on any atom is -0.356 e. The van der Waals surface area contributed by atoms with Gasteiger partial charge in [0.05, 0.1) is 11.4 Å². The molecule has 0 aliphatic carbocycles. The van der Waals surface area contributed by atoms with Crippen LogP contribution in [0.25, 0.3) is 27.8 Å². The number of hydrogen-bond acceptors (Lipinski definition) is 6. The summed E-state index contributed by atoms with van der Waals surface area (Å²) in [4.78, 5) is 27.9. The number of piperidine rings is 1. The molecule has 0 saturated carbocycles. The summed E-state index contributed by atoms with van der Waals surface area (Å²) in [5.41, 5.74) is -0.673. The highest BCUT2D eigenvalue weighted by molar-refractivity contribution is 5.95. The van der Waals surface area contributed by atoms with Crippen LogP contribution in [-0.2, 0) is 6.18 Å². The molecule has 0 amide bonds. The van der Waals surface area contributed by atoms with Gasteiger partial charge in [-0.05, 0) is 37.6 Å². The largest absolute Gasteiger partial charge is 0.419 e. The van der Waals surface area contributed by atoms with Gasteiger partial charge in [-0.15, -0.1) is 0 Å². The maximum absolute atomic E-state index is 13.8. The molecule has 33 heavy (non-hydrogen) atoms. The van der Waals surface area contributed by atoms with Crippen molar-refractivity contribution >= 4 is 16.9 Å². The molecule has 5 heterocycles. The van der Waals surface area contributed by atoms with Crippen molar-refractivity contribution in [3.63, 3.8) is 0 Å². The molecule has 8 nitrogen and oxygen atoms in total. The zero-order valence-corrected chi connectivity index (χ0v) is 17.4. The Morgan fingerprint density at radius 1 is 1.18 bits per heavy atom. The molecule has 11 heteroatoms. The number of alkyl halides is 3. The molecule has 0 spiro atoms. The normalized spacial score (nSPS) is 16.8. The van der Waals surface area contributed by atoms with E-state index in [9.17, 15) is 18.0 Å². The van der Waals surface area contributed by atoms with Gasteiger partial charge in [-0.2, -0.15) is 13.2 Å². The quantitative estimate of drug-likeness (QED) is 0.436. The number of halogens is 3. The number of aromatic amines is 1. The van der Waals surface area contributed by atoms with Crippen LogP contribution in [0.15, 0.2) is 54.0 Å². The minimum absolute atomic E-state index is 0.0267. The smallest absolute Gasteiger partial charge is 0.356 e. The number of nitrogens with zero attached hydrogens (tertiary/aromatic N) is 4. The van der Waals surface area contributed by atoms with E-state index in [2.05, 4.69) is 30.6 Å². The van der Waals surface area contributed by atoms with Crippen molar-refractivity contribution in [2.45, 2.75) is 25.1 Å². The lowest BCUT2D eigenvalue weighted by Gasteiger charge is -2.24. The Hall–Kier alpha value is -3.73. The standard InChI is InChI=1S/C22H20F3N7O/c23-22(24,25)17-12-29-21(30-13-2-1-6-27-10-13)31-18(17)16-11-28-19-15(16)5-9-32(20(19)33)14-3-7-26-8-4-14/h3-5,7-9,11-13,27-28H,1-2,6,10H2,(H,29,30,31)/t13-/m0/s1. The van der Waals surface area contributed by atoms with Crippen molar-refractivity contribution in [1.82, 2.24) is 29.8 Å². The number of pyridine rings is 2. The lowest BCUT2D eigenvalue weighted by molar-refractivity contribution is -0.137. The average molecular weight is 455 g/mol. The maximum atomic E-state index is 13.8. The molecule has 0 aromatic carbocycles. The lowest BCUT2D eigenvalue weighted by Crippen LogP contribution is -2.38. The molecule has 1 aliphatic rings. The van der Waals surface area contributed by atoms with Crippen molar-refractivity contribution < 1.29 is 13.2 Å². The predicted molar refractivity (Wildman–Crippen MR) is 117 cm³/mol. The maximum Gasteiger partial charge on any atom is 0.419 e. The van der Waals surface area contributed by atoms with Crippen molar-refractivity contribution in [3.05, 3.63) is 65.1 Å². The van der Waals surface area contributed by atoms with Gasteiger partial charge in [0.25, 0.3) is 5.56 Å². The fourth-order valence-corrected chi connectivity index (χ4v) is 4.05. The van der Waals surface area contributed by atoms with Gasteiger partial charge in [-0.25, -0.2) is 9.97 Å². The summed E-state index contributed by atoms with van der Waals surface area (Å²) in [5.74, 6) is 0.117. The van der Waals surface area contributed by atoms with Crippen LogP contribution in [0.4, 0.5) is 19.1 Å². The summed E-state index contributed by atoms with van der Waals surface area (Å²) in [6, 6.07) is 4.96. The molecule has 1 saturated heterocycles. The van der Waals surface area contributed by atoms with Gasteiger partial charge in [0.2, 0.25) is 5.95 Å². The van der Waals surface area contributed by atoms with Gasteiger partial charge in [0, 0.05) is 54.5 Å². The van der Waals surface area contributed by atoms with Gasteiger partial charge in [-0.1, -0.05) is 0 Å². The molecule has 4 aromatic heterocycles. The predicted octanol–water partition coefficient (Wildman–Crippen LogP) is 3.35. The molecular formula is C22H20F3N7O. The van der Waals surface area contributed by atoms with Crippen molar-refractivity contribution in [1.29, 1.82) is 0 Å². The van der Waals surface area contributed by atoms with Crippen LogP contribution in [0.3, 0.4) is 0 Å². The van der Waals surface area contributed by atoms with E-state index >= 15 is 0 Å². The summed E-state index contributed by atoms with van der Waals surface area (Å²) in [6.45, 7) is 1.59. The minimum atomic E-state index is -4.66. The number of rotatable bonds is 4. The first-order valence-electron chi connectivity index (χ1n) is 10.5. The molecule has 170 valence electrons. The van der Waals surface area contributed by atoms with E-state index in [-0.39, 0.29) is 34.3 Å². The van der Waals surface area contributed by atoms with Crippen molar-refractivity contribution in [3.8, 4) is 16.9 Å². The Labute approximate surface area is 185 Å². The van der Waals surface area contributed by atoms with E-state index in [0.29, 0.717) is 17.6 Å². The van der Waals surface area contributed by atoms with E-state index in [1.165, 1.54) is 17.0 Å². The van der Waals surface area contributed by atoms with E-state index in [1.54, 1.807) is 30.6 Å². The van der Waals surface area contributed by atoms with Crippen LogP contribution in [0.1, 0.15) is 18.4 Å². The zero-order valence-electron chi connectivity index (χ0n) is 17.4. The van der Waals surface area contributed by atoms with Crippen LogP contribution in [0.5, 0.6) is 0 Å². The molecule has 3 N–H and O–H groups in total. The summed E-state index contributed by atoms with van der Waals surface area (Å²) < 4.78 is 42.8. The first kappa shape index (κ1) is 21.1. The number of nitrogens with one attached hydrogen (secondary N) is 3. The topological polar surface area (TPSA) is 101 Å². The molecule has 0 radical (unpaired) electrons. The third-order valence-corrected chi connectivity index (χ3v) is 5.66. The second-order valence-corrected chi connectivity index (χ2v) is 7.83. The van der Waals surface area contributed by atoms with Crippen molar-refractivity contribution in [2.24, 2.45) is 0 Å². The summed E-state index contributed by atoms with van der Waals surface area (Å²) >= 11 is 0. The van der Waals surface area contributed by atoms with Gasteiger partial charge in [0.1, 0.15) is 11.1 Å². The molecule has 1 fully saturated rings. The molecule has 0 bridgehead atoms. The molecule has 4 aromatic rings. The highest BCUT2D eigenvalue weighted by Crippen LogP contribution is 2.38. The Balaban J connectivity index is 1.61. The van der Waals surface area contributed by atoms with Crippen LogP contribution in [-0.4, -0.2) is 43.6 Å². The first-order chi connectivity index (χ1) is 15.9. The Morgan fingerprint density at radius 2 is 2.00 bits per heavy atom.